The van der Waals surface area contributed by atoms with Crippen molar-refractivity contribution in [3.8, 4) is 22.4 Å². The average Bonchev–Trinajstić information content (AvgIpc) is 3.91. The second kappa shape index (κ2) is 18.1. The average molecular weight is 846 g/mol. The third kappa shape index (κ3) is 8.79. The quantitative estimate of drug-likeness (QED) is 0.101. The molecule has 4 amide bonds. The molecule has 62 heavy (non-hydrogen) atoms. The maximum Gasteiger partial charge on any atom is 0.255 e. The van der Waals surface area contributed by atoms with Crippen LogP contribution in [-0.4, -0.2) is 105 Å². The van der Waals surface area contributed by atoms with Crippen LogP contribution >= 0.6 is 0 Å². The lowest BCUT2D eigenvalue weighted by Gasteiger charge is -2.32. The maximum absolute atomic E-state index is 15.4. The Morgan fingerprint density at radius 2 is 1.77 bits per heavy atom. The van der Waals surface area contributed by atoms with Crippen molar-refractivity contribution in [3.63, 3.8) is 0 Å². The van der Waals surface area contributed by atoms with Gasteiger partial charge in [-0.1, -0.05) is 18.6 Å². The Bertz CT molecular complexity index is 2490. The molecule has 0 radical (unpaired) electrons. The number of ether oxygens (including phenoxy) is 1. The van der Waals surface area contributed by atoms with Gasteiger partial charge in [0.2, 0.25) is 17.7 Å². The van der Waals surface area contributed by atoms with Crippen molar-refractivity contribution in [2.24, 2.45) is 0 Å². The molecule has 4 aliphatic heterocycles. The first-order valence-electron chi connectivity index (χ1n) is 21.6. The Morgan fingerprint density at radius 3 is 2.56 bits per heavy atom. The minimum atomic E-state index is -0.635. The second-order valence-corrected chi connectivity index (χ2v) is 16.6. The molecule has 9 rings (SSSR count). The number of likely N-dealkylation sites (tertiary alicyclic amines) is 1. The van der Waals surface area contributed by atoms with E-state index in [0.29, 0.717) is 79.0 Å². The number of fused-ring (bicyclic) bond motifs is 2. The molecule has 6 heterocycles. The minimum absolute atomic E-state index is 0.0105. The van der Waals surface area contributed by atoms with Gasteiger partial charge in [-0.25, -0.2) is 13.8 Å². The van der Waals surface area contributed by atoms with Crippen molar-refractivity contribution in [2.45, 2.75) is 82.5 Å². The summed E-state index contributed by atoms with van der Waals surface area (Å²) >= 11 is 0. The molecule has 2 aromatic heterocycles. The Kier molecular flexibility index (Phi) is 12.0. The molecule has 0 saturated carbocycles. The Hall–Kier alpha value is -6.13. The van der Waals surface area contributed by atoms with Crippen molar-refractivity contribution in [2.75, 3.05) is 44.6 Å². The number of anilines is 1. The topological polar surface area (TPSA) is 164 Å². The molecule has 0 aliphatic carbocycles. The summed E-state index contributed by atoms with van der Waals surface area (Å²) in [7, 11) is 0. The number of para-hydroxylation sites is 1. The number of hydrogen-bond acceptors (Lipinski definition) is 10. The summed E-state index contributed by atoms with van der Waals surface area (Å²) < 4.78 is 38.4. The van der Waals surface area contributed by atoms with Crippen molar-refractivity contribution in [1.82, 2.24) is 40.2 Å². The summed E-state index contributed by atoms with van der Waals surface area (Å²) in [5.74, 6) is -1.99. The Labute approximate surface area is 357 Å². The number of rotatable bonds is 13. The van der Waals surface area contributed by atoms with E-state index in [2.05, 4.69) is 26.0 Å². The standard InChI is InChI=1S/C46H49F2N9O5/c47-37-20-28(21-38(48)36(37)22-33-24-49-15-18-62-33)34-5-4-6-39-44(34)53-40(25-51-39)30-23-52-57(27-30)32-12-16-55(17-13-32)43(59)7-2-1-3-14-50-31-8-9-35-29(19-31)26-56(46(35)61)41-10-11-42(58)54-45(41)60/h4-6,8-9,19-21,23,25,27,32-33,41,49-50H,1-3,7,10-18,22,24,26H2,(H,54,58,60). The lowest BCUT2D eigenvalue weighted by atomic mass is 9.98. The van der Waals surface area contributed by atoms with E-state index in [1.54, 1.807) is 35.5 Å². The van der Waals surface area contributed by atoms with Crippen LogP contribution in [0.1, 0.15) is 78.9 Å². The van der Waals surface area contributed by atoms with E-state index in [1.165, 1.54) is 12.1 Å². The molecule has 14 nitrogen and oxygen atoms in total. The van der Waals surface area contributed by atoms with E-state index in [-0.39, 0.29) is 48.3 Å². The van der Waals surface area contributed by atoms with Gasteiger partial charge in [0, 0.05) is 92.7 Å². The van der Waals surface area contributed by atoms with Crippen molar-refractivity contribution >= 4 is 40.3 Å². The first-order valence-corrected chi connectivity index (χ1v) is 21.6. The lowest BCUT2D eigenvalue weighted by molar-refractivity contribution is -0.137. The highest BCUT2D eigenvalue weighted by atomic mass is 19.1. The van der Waals surface area contributed by atoms with Gasteiger partial charge in [0.1, 0.15) is 17.7 Å². The Balaban J connectivity index is 0.734. The van der Waals surface area contributed by atoms with Gasteiger partial charge in [-0.3, -0.25) is 34.2 Å². The molecule has 4 aliphatic rings. The number of benzene rings is 3. The molecule has 16 heteroatoms. The van der Waals surface area contributed by atoms with Crippen LogP contribution < -0.4 is 16.0 Å². The molecule has 322 valence electrons. The molecule has 3 N–H and O–H groups in total. The van der Waals surface area contributed by atoms with Gasteiger partial charge in [0.25, 0.3) is 5.91 Å². The van der Waals surface area contributed by atoms with Gasteiger partial charge in [0.05, 0.1) is 47.9 Å². The number of hydrogen-bond donors (Lipinski definition) is 3. The predicted octanol–water partition coefficient (Wildman–Crippen LogP) is 5.57. The number of aromatic nitrogens is 4. The number of nitrogens with one attached hydrogen (secondary N) is 3. The molecule has 5 aromatic rings. The van der Waals surface area contributed by atoms with E-state index < -0.39 is 23.6 Å². The number of amides is 4. The van der Waals surface area contributed by atoms with Gasteiger partial charge in [-0.05, 0) is 79.6 Å². The highest BCUT2D eigenvalue weighted by molar-refractivity contribution is 6.05. The fourth-order valence-corrected chi connectivity index (χ4v) is 9.04. The molecule has 2 atom stereocenters. The smallest absolute Gasteiger partial charge is 0.255 e. The monoisotopic (exact) mass is 845 g/mol. The van der Waals surface area contributed by atoms with Crippen LogP contribution in [-0.2, 0) is 32.1 Å². The minimum Gasteiger partial charge on any atom is -0.385 e. The summed E-state index contributed by atoms with van der Waals surface area (Å²) in [6.45, 7) is 4.14. The van der Waals surface area contributed by atoms with E-state index in [9.17, 15) is 19.2 Å². The van der Waals surface area contributed by atoms with Gasteiger partial charge >= 0.3 is 0 Å². The summed E-state index contributed by atoms with van der Waals surface area (Å²) in [5, 5.41) is 13.6. The van der Waals surface area contributed by atoms with Crippen LogP contribution in [0.4, 0.5) is 14.5 Å². The van der Waals surface area contributed by atoms with Gasteiger partial charge in [0.15, 0.2) is 0 Å². The van der Waals surface area contributed by atoms with Crippen molar-refractivity contribution in [3.05, 3.63) is 95.4 Å². The SMILES string of the molecule is O=C1CCC(N2Cc3cc(NCCCCCC(=O)N4CCC(n5cc(-c6cnc7cccc(-c8cc(F)c(CC9CNCCO9)c(F)c8)c7n6)cn5)CC4)ccc3C2=O)C(=O)N1. The normalized spacial score (nSPS) is 19.5. The van der Waals surface area contributed by atoms with E-state index in [4.69, 9.17) is 9.72 Å². The summed E-state index contributed by atoms with van der Waals surface area (Å²) in [6, 6.07) is 13.2. The van der Waals surface area contributed by atoms with Gasteiger partial charge in [-0.2, -0.15) is 5.10 Å². The van der Waals surface area contributed by atoms with Crippen LogP contribution in [0.15, 0.2) is 67.1 Å². The van der Waals surface area contributed by atoms with Crippen molar-refractivity contribution < 1.29 is 32.7 Å². The molecule has 0 spiro atoms. The first-order chi connectivity index (χ1) is 30.2. The first kappa shape index (κ1) is 41.2. The number of unbranched alkanes of at least 4 members (excludes halogenated alkanes) is 2. The maximum atomic E-state index is 15.4. The van der Waals surface area contributed by atoms with Crippen molar-refractivity contribution in [1.29, 1.82) is 0 Å². The van der Waals surface area contributed by atoms with Crippen LogP contribution in [0.25, 0.3) is 33.4 Å². The molecule has 3 fully saturated rings. The number of imide groups is 1. The number of carbonyl (C=O) groups excluding carboxylic acids is 4. The third-order valence-corrected chi connectivity index (χ3v) is 12.5. The van der Waals surface area contributed by atoms with Crippen LogP contribution in [0.2, 0.25) is 0 Å². The molecule has 3 saturated heterocycles. The number of halogens is 2. The fraction of sp³-hybridized carbons (Fsp3) is 0.413. The number of nitrogens with zero attached hydrogens (tertiary/aromatic N) is 6. The molecular formula is C46H49F2N9O5. The lowest BCUT2D eigenvalue weighted by Crippen LogP contribution is -2.52. The second-order valence-electron chi connectivity index (χ2n) is 16.6. The molecule has 0 bridgehead atoms. The largest absolute Gasteiger partial charge is 0.385 e. The van der Waals surface area contributed by atoms with Crippen LogP contribution in [0, 0.1) is 11.6 Å². The summed E-state index contributed by atoms with van der Waals surface area (Å²) in [5.41, 5.74) is 5.83. The zero-order chi connectivity index (χ0) is 42.7. The van der Waals surface area contributed by atoms with E-state index in [1.807, 2.05) is 34.0 Å². The summed E-state index contributed by atoms with van der Waals surface area (Å²) in [4.78, 5) is 63.1. The Morgan fingerprint density at radius 1 is 0.935 bits per heavy atom. The third-order valence-electron chi connectivity index (χ3n) is 12.5. The van der Waals surface area contributed by atoms with Crippen LogP contribution in [0.3, 0.4) is 0 Å². The zero-order valence-corrected chi connectivity index (χ0v) is 34.4. The highest BCUT2D eigenvalue weighted by Crippen LogP contribution is 2.33. The molecular weight excluding hydrogens is 797 g/mol. The number of morpholine rings is 1. The van der Waals surface area contributed by atoms with E-state index >= 15 is 8.78 Å². The van der Waals surface area contributed by atoms with Gasteiger partial charge in [-0.15, -0.1) is 0 Å². The number of carbonyl (C=O) groups is 4. The zero-order valence-electron chi connectivity index (χ0n) is 34.4. The van der Waals surface area contributed by atoms with Crippen LogP contribution in [0.5, 0.6) is 0 Å². The van der Waals surface area contributed by atoms with E-state index in [0.717, 1.165) is 62.0 Å². The molecule has 3 aromatic carbocycles. The highest BCUT2D eigenvalue weighted by Gasteiger charge is 2.39. The fourth-order valence-electron chi connectivity index (χ4n) is 9.04. The molecule has 2 unspecified atom stereocenters. The number of piperidine rings is 2. The predicted molar refractivity (Wildman–Crippen MR) is 227 cm³/mol. The van der Waals surface area contributed by atoms with Gasteiger partial charge < -0.3 is 25.2 Å². The summed E-state index contributed by atoms with van der Waals surface area (Å²) in [6.07, 6.45) is 10.4.